The summed E-state index contributed by atoms with van der Waals surface area (Å²) in [6.45, 7) is 5.00. The van der Waals surface area contributed by atoms with Gasteiger partial charge in [0.05, 0.1) is 17.0 Å². The number of halogens is 1. The Bertz CT molecular complexity index is 242. The molecule has 0 radical (unpaired) electrons. The van der Waals surface area contributed by atoms with E-state index in [0.717, 1.165) is 19.4 Å². The van der Waals surface area contributed by atoms with Crippen LogP contribution in [0.15, 0.2) is 12.2 Å². The van der Waals surface area contributed by atoms with Crippen molar-refractivity contribution in [1.29, 1.82) is 0 Å². The summed E-state index contributed by atoms with van der Waals surface area (Å²) in [7, 11) is 0. The molecule has 3 heteroatoms. The second-order valence-corrected chi connectivity index (χ2v) is 5.57. The number of rotatable bonds is 0. The van der Waals surface area contributed by atoms with Crippen LogP contribution in [0.1, 0.15) is 33.1 Å². The van der Waals surface area contributed by atoms with E-state index < -0.39 is 5.79 Å². The maximum Gasteiger partial charge on any atom is 0.188 e. The van der Waals surface area contributed by atoms with Crippen LogP contribution in [-0.4, -0.2) is 22.8 Å². The van der Waals surface area contributed by atoms with Crippen LogP contribution in [0.3, 0.4) is 0 Å². The van der Waals surface area contributed by atoms with Gasteiger partial charge < -0.3 is 9.47 Å². The highest BCUT2D eigenvalue weighted by molar-refractivity contribution is 9.09. The monoisotopic (exact) mass is 260 g/mol. The zero-order valence-corrected chi connectivity index (χ0v) is 10.3. The Hall–Kier alpha value is 0.140. The number of alkyl halides is 1. The molecule has 0 aliphatic carbocycles. The van der Waals surface area contributed by atoms with Crippen molar-refractivity contribution in [1.82, 2.24) is 0 Å². The second kappa shape index (κ2) is 3.62. The van der Waals surface area contributed by atoms with E-state index in [1.165, 1.54) is 6.42 Å². The first-order valence-corrected chi connectivity index (χ1v) is 6.13. The highest BCUT2D eigenvalue weighted by Crippen LogP contribution is 2.39. The molecule has 0 N–H and O–H groups in total. The van der Waals surface area contributed by atoms with Crippen LogP contribution in [0.25, 0.3) is 0 Å². The highest BCUT2D eigenvalue weighted by Gasteiger charge is 2.43. The van der Waals surface area contributed by atoms with Gasteiger partial charge in [-0.3, -0.25) is 0 Å². The van der Waals surface area contributed by atoms with E-state index in [-0.39, 0.29) is 10.4 Å². The molecule has 80 valence electrons. The predicted octanol–water partition coefficient (Wildman–Crippen LogP) is 3.01. The second-order valence-electron chi connectivity index (χ2n) is 4.58. The summed E-state index contributed by atoms with van der Waals surface area (Å²) in [5.41, 5.74) is -0.188. The molecular formula is C11H17BrO2. The van der Waals surface area contributed by atoms with Gasteiger partial charge in [-0.1, -0.05) is 22.0 Å². The molecule has 2 aliphatic heterocycles. The Balaban J connectivity index is 2.18. The van der Waals surface area contributed by atoms with Crippen molar-refractivity contribution < 1.29 is 9.47 Å². The first-order chi connectivity index (χ1) is 6.54. The lowest BCUT2D eigenvalue weighted by molar-refractivity contribution is -0.271. The Kier molecular flexibility index (Phi) is 2.75. The summed E-state index contributed by atoms with van der Waals surface area (Å²) < 4.78 is 11.8. The summed E-state index contributed by atoms with van der Waals surface area (Å²) in [5.74, 6) is -0.438. The standard InChI is InChI=1S/C11H17BrO2/c1-10(2)9(12)5-7-11(14-10)6-3-4-8-13-11/h5,7,9H,3-4,6,8H2,1-2H3/t9-,11+/m1/s1. The number of ether oxygens (including phenoxy) is 2. The molecule has 0 saturated carbocycles. The van der Waals surface area contributed by atoms with Crippen molar-refractivity contribution in [3.05, 3.63) is 12.2 Å². The molecular weight excluding hydrogens is 244 g/mol. The summed E-state index contributed by atoms with van der Waals surface area (Å²) in [6, 6.07) is 0. The predicted molar refractivity (Wildman–Crippen MR) is 59.6 cm³/mol. The van der Waals surface area contributed by atoms with Crippen LogP contribution >= 0.6 is 15.9 Å². The fourth-order valence-electron chi connectivity index (χ4n) is 2.00. The van der Waals surface area contributed by atoms with E-state index in [0.29, 0.717) is 0 Å². The molecule has 14 heavy (non-hydrogen) atoms. The molecule has 2 nitrogen and oxygen atoms in total. The third kappa shape index (κ3) is 1.90. The van der Waals surface area contributed by atoms with Crippen LogP contribution in [0.4, 0.5) is 0 Å². The van der Waals surface area contributed by atoms with Gasteiger partial charge in [0.15, 0.2) is 5.79 Å². The van der Waals surface area contributed by atoms with Gasteiger partial charge in [-0.15, -0.1) is 0 Å². The lowest BCUT2D eigenvalue weighted by Gasteiger charge is -2.45. The summed E-state index contributed by atoms with van der Waals surface area (Å²) in [6.07, 6.45) is 7.53. The molecule has 2 rings (SSSR count). The topological polar surface area (TPSA) is 18.5 Å². The van der Waals surface area contributed by atoms with Crippen molar-refractivity contribution >= 4 is 15.9 Å². The number of hydrogen-bond acceptors (Lipinski definition) is 2. The Morgan fingerprint density at radius 1 is 1.36 bits per heavy atom. The maximum atomic E-state index is 6.06. The van der Waals surface area contributed by atoms with Gasteiger partial charge in [-0.05, 0) is 32.8 Å². The zero-order chi connectivity index (χ0) is 10.2. The number of hydrogen-bond donors (Lipinski definition) is 0. The average Bonchev–Trinajstić information content (AvgIpc) is 2.13. The molecule has 2 aliphatic rings. The highest BCUT2D eigenvalue weighted by atomic mass is 79.9. The lowest BCUT2D eigenvalue weighted by atomic mass is 9.95. The molecule has 1 fully saturated rings. The Labute approximate surface area is 93.8 Å². The van der Waals surface area contributed by atoms with Gasteiger partial charge in [-0.2, -0.15) is 0 Å². The van der Waals surface area contributed by atoms with Crippen LogP contribution in [0.5, 0.6) is 0 Å². The van der Waals surface area contributed by atoms with Crippen LogP contribution in [0, 0.1) is 0 Å². The minimum Gasteiger partial charge on any atom is -0.346 e. The van der Waals surface area contributed by atoms with Crippen molar-refractivity contribution in [2.45, 2.75) is 49.3 Å². The van der Waals surface area contributed by atoms with E-state index in [4.69, 9.17) is 9.47 Å². The third-order valence-corrected chi connectivity index (χ3v) is 4.29. The molecule has 0 aromatic rings. The van der Waals surface area contributed by atoms with Crippen molar-refractivity contribution in [3.63, 3.8) is 0 Å². The first kappa shape index (κ1) is 10.7. The average molecular weight is 261 g/mol. The molecule has 2 heterocycles. The molecule has 0 unspecified atom stereocenters. The molecule has 0 bridgehead atoms. The van der Waals surface area contributed by atoms with E-state index in [1.54, 1.807) is 0 Å². The van der Waals surface area contributed by atoms with Crippen LogP contribution in [-0.2, 0) is 9.47 Å². The molecule has 0 aromatic heterocycles. The molecule has 2 atom stereocenters. The minimum atomic E-state index is -0.438. The van der Waals surface area contributed by atoms with E-state index in [1.807, 2.05) is 0 Å². The normalized spacial score (nSPS) is 41.5. The van der Waals surface area contributed by atoms with Gasteiger partial charge >= 0.3 is 0 Å². The van der Waals surface area contributed by atoms with Crippen molar-refractivity contribution in [2.24, 2.45) is 0 Å². The summed E-state index contributed by atoms with van der Waals surface area (Å²) in [4.78, 5) is 0.270. The van der Waals surface area contributed by atoms with Gasteiger partial charge in [-0.25, -0.2) is 0 Å². The molecule has 0 aromatic carbocycles. The summed E-state index contributed by atoms with van der Waals surface area (Å²) in [5, 5.41) is 0. The van der Waals surface area contributed by atoms with Crippen LogP contribution < -0.4 is 0 Å². The third-order valence-electron chi connectivity index (χ3n) is 2.89. The maximum absolute atomic E-state index is 6.06. The largest absolute Gasteiger partial charge is 0.346 e. The van der Waals surface area contributed by atoms with Gasteiger partial charge in [0, 0.05) is 6.42 Å². The van der Waals surface area contributed by atoms with Crippen LogP contribution in [0.2, 0.25) is 0 Å². The van der Waals surface area contributed by atoms with E-state index >= 15 is 0 Å². The Morgan fingerprint density at radius 2 is 2.14 bits per heavy atom. The van der Waals surface area contributed by atoms with E-state index in [9.17, 15) is 0 Å². The lowest BCUT2D eigenvalue weighted by Crippen LogP contribution is -2.50. The van der Waals surface area contributed by atoms with E-state index in [2.05, 4.69) is 41.9 Å². The Morgan fingerprint density at radius 3 is 2.71 bits per heavy atom. The van der Waals surface area contributed by atoms with Gasteiger partial charge in [0.25, 0.3) is 0 Å². The molecule has 0 amide bonds. The SMILES string of the molecule is CC1(C)O[C@]2(C=C[C@H]1Br)CCCCO2. The first-order valence-electron chi connectivity index (χ1n) is 5.22. The quantitative estimate of drug-likeness (QED) is 0.493. The summed E-state index contributed by atoms with van der Waals surface area (Å²) >= 11 is 3.59. The fourth-order valence-corrected chi connectivity index (χ4v) is 2.25. The van der Waals surface area contributed by atoms with Crippen molar-refractivity contribution in [2.75, 3.05) is 6.61 Å². The zero-order valence-electron chi connectivity index (χ0n) is 8.75. The van der Waals surface area contributed by atoms with Crippen molar-refractivity contribution in [3.8, 4) is 0 Å². The molecule has 1 spiro atoms. The fraction of sp³-hybridized carbons (Fsp3) is 0.818. The molecule has 1 saturated heterocycles. The van der Waals surface area contributed by atoms with Gasteiger partial charge in [0.1, 0.15) is 0 Å². The smallest absolute Gasteiger partial charge is 0.188 e. The van der Waals surface area contributed by atoms with Gasteiger partial charge in [0.2, 0.25) is 0 Å². The minimum absolute atomic E-state index is 0.188.